The molecule has 0 aliphatic rings. The maximum atomic E-state index is 10.7. The molecule has 0 amide bonds. The van der Waals surface area contributed by atoms with Gasteiger partial charge in [0.25, 0.3) is 0 Å². The fraction of sp³-hybridized carbons (Fsp3) is 0.714. The zero-order valence-corrected chi connectivity index (χ0v) is 7.48. The lowest BCUT2D eigenvalue weighted by Gasteiger charge is -2.05. The third-order valence-electron chi connectivity index (χ3n) is 1.09. The number of thiocarbonyl (C=S) groups is 1. The first-order valence-electron chi connectivity index (χ1n) is 3.44. The van der Waals surface area contributed by atoms with Gasteiger partial charge in [0.2, 0.25) is 0 Å². The lowest BCUT2D eigenvalue weighted by molar-refractivity contribution is -0.141. The van der Waals surface area contributed by atoms with Gasteiger partial charge in [0.05, 0.1) is 19.1 Å². The van der Waals surface area contributed by atoms with Crippen LogP contribution in [0.5, 0.6) is 0 Å². The molecule has 11 heavy (non-hydrogen) atoms. The quantitative estimate of drug-likeness (QED) is 0.505. The number of hydrogen-bond donors (Lipinski definition) is 1. The van der Waals surface area contributed by atoms with Gasteiger partial charge in [-0.25, -0.2) is 0 Å². The van der Waals surface area contributed by atoms with E-state index in [1.807, 2.05) is 0 Å². The zero-order chi connectivity index (χ0) is 8.85. The van der Waals surface area contributed by atoms with Crippen LogP contribution < -0.4 is 0 Å². The van der Waals surface area contributed by atoms with Crippen molar-refractivity contribution in [1.82, 2.24) is 0 Å². The lowest BCUT2D eigenvalue weighted by atomic mass is 10.2. The van der Waals surface area contributed by atoms with Crippen LogP contribution in [0.15, 0.2) is 0 Å². The molecule has 0 aliphatic heterocycles. The standard InChI is InChI=1S/C7H12O3S/c1-3-10-7(9)4-6(11)5(2)8/h5,8H,3-4H2,1-2H3. The number of ether oxygens (including phenoxy) is 1. The summed E-state index contributed by atoms with van der Waals surface area (Å²) >= 11 is 4.72. The molecule has 0 spiro atoms. The molecule has 0 radical (unpaired) electrons. The van der Waals surface area contributed by atoms with Crippen LogP contribution in [0, 0.1) is 0 Å². The number of aliphatic hydroxyl groups is 1. The summed E-state index contributed by atoms with van der Waals surface area (Å²) in [5, 5.41) is 8.89. The van der Waals surface area contributed by atoms with E-state index in [2.05, 4.69) is 4.74 Å². The average Bonchev–Trinajstić information content (AvgIpc) is 1.87. The Hall–Kier alpha value is -0.480. The number of carbonyl (C=O) groups excluding carboxylic acids is 1. The van der Waals surface area contributed by atoms with E-state index >= 15 is 0 Å². The Bertz CT molecular complexity index is 154. The first-order valence-corrected chi connectivity index (χ1v) is 3.85. The number of hydrogen-bond acceptors (Lipinski definition) is 4. The third-order valence-corrected chi connectivity index (χ3v) is 1.58. The molecule has 0 saturated carbocycles. The first-order chi connectivity index (χ1) is 5.07. The summed E-state index contributed by atoms with van der Waals surface area (Å²) in [4.78, 5) is 11.1. The highest BCUT2D eigenvalue weighted by Gasteiger charge is 2.10. The van der Waals surface area contributed by atoms with Crippen LogP contribution in [0.2, 0.25) is 0 Å². The van der Waals surface area contributed by atoms with Gasteiger partial charge in [-0.1, -0.05) is 12.2 Å². The second kappa shape index (κ2) is 5.21. The van der Waals surface area contributed by atoms with Gasteiger partial charge in [-0.15, -0.1) is 0 Å². The molecule has 0 heterocycles. The molecule has 0 aliphatic carbocycles. The summed E-state index contributed by atoms with van der Waals surface area (Å²) in [5.41, 5.74) is 0. The van der Waals surface area contributed by atoms with Crippen molar-refractivity contribution in [3.63, 3.8) is 0 Å². The van der Waals surface area contributed by atoms with Gasteiger partial charge in [-0.3, -0.25) is 4.79 Å². The Labute approximate surface area is 71.4 Å². The minimum Gasteiger partial charge on any atom is -0.466 e. The van der Waals surface area contributed by atoms with Crippen LogP contribution in [0.25, 0.3) is 0 Å². The highest BCUT2D eigenvalue weighted by atomic mass is 32.1. The summed E-state index contributed by atoms with van der Waals surface area (Å²) in [5.74, 6) is -0.376. The summed E-state index contributed by atoms with van der Waals surface area (Å²) in [6.45, 7) is 3.60. The van der Waals surface area contributed by atoms with Crippen molar-refractivity contribution in [1.29, 1.82) is 0 Å². The molecule has 64 valence electrons. The molecule has 0 aromatic heterocycles. The van der Waals surface area contributed by atoms with Crippen LogP contribution in [0.4, 0.5) is 0 Å². The molecule has 1 atom stereocenters. The van der Waals surface area contributed by atoms with Crippen molar-refractivity contribution in [2.24, 2.45) is 0 Å². The van der Waals surface area contributed by atoms with Crippen molar-refractivity contribution in [2.75, 3.05) is 6.61 Å². The van der Waals surface area contributed by atoms with Crippen LogP contribution >= 0.6 is 12.2 Å². The van der Waals surface area contributed by atoms with Gasteiger partial charge < -0.3 is 9.84 Å². The van der Waals surface area contributed by atoms with Crippen molar-refractivity contribution in [3.8, 4) is 0 Å². The molecule has 0 fully saturated rings. The Morgan fingerprint density at radius 3 is 2.64 bits per heavy atom. The van der Waals surface area contributed by atoms with E-state index in [9.17, 15) is 4.79 Å². The second-order valence-electron chi connectivity index (χ2n) is 2.12. The van der Waals surface area contributed by atoms with Gasteiger partial charge in [0.1, 0.15) is 0 Å². The molecule has 0 saturated heterocycles. The Kier molecular flexibility index (Phi) is 4.98. The average molecular weight is 176 g/mol. The van der Waals surface area contributed by atoms with Gasteiger partial charge >= 0.3 is 5.97 Å². The SMILES string of the molecule is CCOC(=O)CC(=S)C(C)O. The van der Waals surface area contributed by atoms with Crippen molar-refractivity contribution < 1.29 is 14.6 Å². The number of rotatable bonds is 4. The van der Waals surface area contributed by atoms with E-state index in [4.69, 9.17) is 17.3 Å². The van der Waals surface area contributed by atoms with Crippen LogP contribution in [0.1, 0.15) is 20.3 Å². The van der Waals surface area contributed by atoms with E-state index in [1.165, 1.54) is 6.92 Å². The molecular weight excluding hydrogens is 164 g/mol. The normalized spacial score (nSPS) is 12.3. The second-order valence-corrected chi connectivity index (χ2v) is 2.65. The summed E-state index contributed by atoms with van der Waals surface area (Å²) in [6, 6.07) is 0. The maximum absolute atomic E-state index is 10.7. The van der Waals surface area contributed by atoms with Gasteiger partial charge in [0.15, 0.2) is 0 Å². The summed E-state index contributed by atoms with van der Waals surface area (Å²) < 4.78 is 4.63. The predicted octanol–water partition coefficient (Wildman–Crippen LogP) is 0.690. The monoisotopic (exact) mass is 176 g/mol. The number of esters is 1. The Balaban J connectivity index is 3.67. The maximum Gasteiger partial charge on any atom is 0.310 e. The number of aliphatic hydroxyl groups excluding tert-OH is 1. The van der Waals surface area contributed by atoms with Gasteiger partial charge in [-0.2, -0.15) is 0 Å². The minimum atomic E-state index is -0.714. The van der Waals surface area contributed by atoms with Crippen LogP contribution in [-0.2, 0) is 9.53 Å². The topological polar surface area (TPSA) is 46.5 Å². The van der Waals surface area contributed by atoms with Gasteiger partial charge in [0, 0.05) is 4.86 Å². The molecule has 0 aromatic carbocycles. The highest BCUT2D eigenvalue weighted by Crippen LogP contribution is 1.96. The van der Waals surface area contributed by atoms with Crippen LogP contribution in [-0.4, -0.2) is 28.7 Å². The molecule has 4 heteroatoms. The first kappa shape index (κ1) is 10.5. The third kappa shape index (κ3) is 4.86. The predicted molar refractivity (Wildman–Crippen MR) is 45.5 cm³/mol. The minimum absolute atomic E-state index is 0.0286. The van der Waals surface area contributed by atoms with E-state index in [-0.39, 0.29) is 12.4 Å². The van der Waals surface area contributed by atoms with E-state index in [1.54, 1.807) is 6.92 Å². The van der Waals surface area contributed by atoms with E-state index < -0.39 is 6.10 Å². The van der Waals surface area contributed by atoms with Crippen molar-refractivity contribution in [2.45, 2.75) is 26.4 Å². The Morgan fingerprint density at radius 2 is 2.27 bits per heavy atom. The molecule has 1 N–H and O–H groups in total. The lowest BCUT2D eigenvalue weighted by Crippen LogP contribution is -2.19. The van der Waals surface area contributed by atoms with Gasteiger partial charge in [-0.05, 0) is 13.8 Å². The van der Waals surface area contributed by atoms with E-state index in [0.29, 0.717) is 11.5 Å². The van der Waals surface area contributed by atoms with Crippen molar-refractivity contribution in [3.05, 3.63) is 0 Å². The van der Waals surface area contributed by atoms with E-state index in [0.717, 1.165) is 0 Å². The molecule has 3 nitrogen and oxygen atoms in total. The molecule has 1 unspecified atom stereocenters. The largest absolute Gasteiger partial charge is 0.466 e. The molecule has 0 rings (SSSR count). The van der Waals surface area contributed by atoms with Crippen molar-refractivity contribution >= 4 is 23.1 Å². The Morgan fingerprint density at radius 1 is 1.73 bits per heavy atom. The summed E-state index contributed by atoms with van der Waals surface area (Å²) in [7, 11) is 0. The fourth-order valence-corrected chi connectivity index (χ4v) is 0.620. The summed E-state index contributed by atoms with van der Waals surface area (Å²) in [6.07, 6.45) is -0.685. The van der Waals surface area contributed by atoms with Crippen LogP contribution in [0.3, 0.4) is 0 Å². The fourth-order valence-electron chi connectivity index (χ4n) is 0.502. The highest BCUT2D eigenvalue weighted by molar-refractivity contribution is 7.80. The molecule has 0 aromatic rings. The smallest absolute Gasteiger partial charge is 0.310 e. The number of carbonyl (C=O) groups is 1. The molecular formula is C7H12O3S. The zero-order valence-electron chi connectivity index (χ0n) is 6.66. The molecule has 0 bridgehead atoms.